The van der Waals surface area contributed by atoms with Crippen LogP contribution in [-0.2, 0) is 9.59 Å². The summed E-state index contributed by atoms with van der Waals surface area (Å²) >= 11 is 8.95. The Morgan fingerprint density at radius 2 is 2.04 bits per heavy atom. The molecule has 0 radical (unpaired) electrons. The lowest BCUT2D eigenvalue weighted by molar-refractivity contribution is -0.135. The van der Waals surface area contributed by atoms with Gasteiger partial charge < -0.3 is 10.2 Å². The molecular weight excluding hydrogens is 453 g/mol. The van der Waals surface area contributed by atoms with Crippen molar-refractivity contribution < 1.29 is 22.8 Å². The molecule has 11 heteroatoms. The van der Waals surface area contributed by atoms with Gasteiger partial charge in [-0.1, -0.05) is 18.2 Å². The van der Waals surface area contributed by atoms with Crippen molar-refractivity contribution in [2.75, 3.05) is 26.0 Å². The van der Waals surface area contributed by atoms with Crippen molar-refractivity contribution in [2.24, 2.45) is 16.9 Å². The van der Waals surface area contributed by atoms with E-state index >= 15 is 0 Å². The van der Waals surface area contributed by atoms with Crippen LogP contribution in [0.1, 0.15) is 0 Å². The zero-order valence-electron chi connectivity index (χ0n) is 14.3. The number of benzene rings is 1. The number of nitrogens with zero attached hydrogens (tertiary/aromatic N) is 3. The zero-order valence-corrected chi connectivity index (χ0v) is 16.6. The Bertz CT molecular complexity index is 836. The first kappa shape index (κ1) is 21.2. The topological polar surface area (TPSA) is 65.0 Å². The van der Waals surface area contributed by atoms with Crippen LogP contribution in [0.2, 0.25) is 0 Å². The van der Waals surface area contributed by atoms with E-state index in [1.807, 2.05) is 0 Å². The molecule has 2 rings (SSSR count). The standard InChI is InChI=1S/C16H15BrClF3N4O2/c1-7(18)25(3)23-14(17)8-6-24(2)16(27)11(8)15(26)22-10-5-4-9(19)12(20)13(10)21/h4-5,8,11H,1,6H2,2-3H3,(H,22,26)/b23-14-/t8-,11-/m0/s1. The second-order valence-corrected chi connectivity index (χ2v) is 7.09. The van der Waals surface area contributed by atoms with E-state index < -0.39 is 46.8 Å². The van der Waals surface area contributed by atoms with E-state index in [4.69, 9.17) is 11.6 Å². The number of nitrogens with one attached hydrogen (secondary N) is 1. The van der Waals surface area contributed by atoms with Crippen molar-refractivity contribution in [2.45, 2.75) is 0 Å². The van der Waals surface area contributed by atoms with E-state index in [0.29, 0.717) is 6.07 Å². The fraction of sp³-hybridized carbons (Fsp3) is 0.312. The van der Waals surface area contributed by atoms with Gasteiger partial charge in [0.15, 0.2) is 17.5 Å². The summed E-state index contributed by atoms with van der Waals surface area (Å²) < 4.78 is 40.4. The number of hydrogen-bond donors (Lipinski definition) is 1. The summed E-state index contributed by atoms with van der Waals surface area (Å²) in [6, 6.07) is 1.55. The van der Waals surface area contributed by atoms with Gasteiger partial charge in [-0.2, -0.15) is 5.10 Å². The minimum Gasteiger partial charge on any atom is -0.344 e. The predicted molar refractivity (Wildman–Crippen MR) is 98.7 cm³/mol. The van der Waals surface area contributed by atoms with Gasteiger partial charge in [0.2, 0.25) is 11.8 Å². The number of carbonyl (C=O) groups is 2. The number of amides is 2. The lowest BCUT2D eigenvalue weighted by atomic mass is 9.95. The van der Waals surface area contributed by atoms with Gasteiger partial charge in [-0.05, 0) is 28.1 Å². The van der Waals surface area contributed by atoms with Gasteiger partial charge in [0.25, 0.3) is 0 Å². The van der Waals surface area contributed by atoms with E-state index in [0.717, 1.165) is 6.07 Å². The average Bonchev–Trinajstić information content (AvgIpc) is 2.90. The molecule has 1 aromatic carbocycles. The van der Waals surface area contributed by atoms with Crippen molar-refractivity contribution in [1.29, 1.82) is 0 Å². The van der Waals surface area contributed by atoms with Crippen LogP contribution < -0.4 is 5.32 Å². The van der Waals surface area contributed by atoms with Crippen LogP contribution >= 0.6 is 27.5 Å². The van der Waals surface area contributed by atoms with Crippen LogP contribution in [0, 0.1) is 29.3 Å². The van der Waals surface area contributed by atoms with Crippen LogP contribution in [0.3, 0.4) is 0 Å². The molecule has 0 saturated carbocycles. The van der Waals surface area contributed by atoms with Gasteiger partial charge in [-0.15, -0.1) is 0 Å². The third kappa shape index (κ3) is 4.44. The Hall–Kier alpha value is -2.07. The maximum Gasteiger partial charge on any atom is 0.237 e. The predicted octanol–water partition coefficient (Wildman–Crippen LogP) is 3.10. The number of anilines is 1. The van der Waals surface area contributed by atoms with E-state index in [1.165, 1.54) is 24.0 Å². The van der Waals surface area contributed by atoms with Gasteiger partial charge in [-0.3, -0.25) is 14.6 Å². The van der Waals surface area contributed by atoms with Gasteiger partial charge >= 0.3 is 0 Å². The minimum atomic E-state index is -1.72. The molecule has 146 valence electrons. The van der Waals surface area contributed by atoms with E-state index in [9.17, 15) is 22.8 Å². The first-order valence-corrected chi connectivity index (χ1v) is 8.73. The van der Waals surface area contributed by atoms with Crippen molar-refractivity contribution in [1.82, 2.24) is 9.91 Å². The molecule has 0 aliphatic carbocycles. The molecular formula is C16H15BrClF3N4O2. The molecule has 1 fully saturated rings. The second kappa shape index (κ2) is 8.30. The normalized spacial score (nSPS) is 20.0. The Morgan fingerprint density at radius 3 is 2.63 bits per heavy atom. The monoisotopic (exact) mass is 466 g/mol. The number of carbonyl (C=O) groups excluding carboxylic acids is 2. The Kier molecular flexibility index (Phi) is 6.53. The molecule has 1 aliphatic rings. The largest absolute Gasteiger partial charge is 0.344 e. The van der Waals surface area contributed by atoms with Crippen LogP contribution in [-0.4, -0.2) is 47.0 Å². The number of rotatable bonds is 5. The Morgan fingerprint density at radius 1 is 1.41 bits per heavy atom. The highest BCUT2D eigenvalue weighted by Gasteiger charge is 2.46. The smallest absolute Gasteiger partial charge is 0.237 e. The van der Waals surface area contributed by atoms with Crippen LogP contribution in [0.15, 0.2) is 29.0 Å². The first-order chi connectivity index (χ1) is 12.5. The number of halogens is 5. The summed E-state index contributed by atoms with van der Waals surface area (Å²) in [4.78, 5) is 26.3. The minimum absolute atomic E-state index is 0.106. The van der Waals surface area contributed by atoms with Crippen LogP contribution in [0.4, 0.5) is 18.9 Å². The summed E-state index contributed by atoms with van der Waals surface area (Å²) in [5.41, 5.74) is -0.570. The van der Waals surface area contributed by atoms with Gasteiger partial charge in [0, 0.05) is 26.6 Å². The lowest BCUT2D eigenvalue weighted by Gasteiger charge is -2.18. The highest BCUT2D eigenvalue weighted by Crippen LogP contribution is 2.30. The number of hydrazone groups is 1. The summed E-state index contributed by atoms with van der Waals surface area (Å²) in [7, 11) is 3.01. The Balaban J connectivity index is 2.30. The number of likely N-dealkylation sites (tertiary alicyclic amines) is 1. The van der Waals surface area contributed by atoms with Gasteiger partial charge in [0.1, 0.15) is 15.7 Å². The average molecular weight is 468 g/mol. The third-order valence-electron chi connectivity index (χ3n) is 3.99. The van der Waals surface area contributed by atoms with Crippen molar-refractivity contribution in [3.8, 4) is 0 Å². The van der Waals surface area contributed by atoms with Crippen LogP contribution in [0.5, 0.6) is 0 Å². The molecule has 1 saturated heterocycles. The molecule has 0 unspecified atom stereocenters. The van der Waals surface area contributed by atoms with E-state index in [1.54, 1.807) is 0 Å². The van der Waals surface area contributed by atoms with Gasteiger partial charge in [-0.25, -0.2) is 13.2 Å². The molecule has 27 heavy (non-hydrogen) atoms. The van der Waals surface area contributed by atoms with Gasteiger partial charge in [0.05, 0.1) is 5.69 Å². The molecule has 2 atom stereocenters. The molecule has 1 aromatic rings. The molecule has 6 nitrogen and oxygen atoms in total. The lowest BCUT2D eigenvalue weighted by Crippen LogP contribution is -2.35. The first-order valence-electron chi connectivity index (χ1n) is 7.56. The highest BCUT2D eigenvalue weighted by molar-refractivity contribution is 9.18. The maximum absolute atomic E-state index is 13.8. The zero-order chi connectivity index (χ0) is 20.5. The molecule has 0 spiro atoms. The number of hydrogen-bond acceptors (Lipinski definition) is 4. The molecule has 0 bridgehead atoms. The quantitative estimate of drug-likeness (QED) is 0.238. The second-order valence-electron chi connectivity index (χ2n) is 5.84. The fourth-order valence-electron chi connectivity index (χ4n) is 2.51. The molecule has 2 amide bonds. The molecule has 1 N–H and O–H groups in total. The van der Waals surface area contributed by atoms with E-state index in [-0.39, 0.29) is 16.3 Å². The summed E-state index contributed by atoms with van der Waals surface area (Å²) in [5.74, 6) is -8.02. The summed E-state index contributed by atoms with van der Waals surface area (Å²) in [6.45, 7) is 3.66. The highest BCUT2D eigenvalue weighted by atomic mass is 79.9. The fourth-order valence-corrected chi connectivity index (χ4v) is 3.20. The SMILES string of the molecule is C=C(Cl)N(C)/N=C(\Br)[C@H]1CN(C)C(=O)[C@@H]1C(=O)Nc1ccc(F)c(F)c1F. The molecule has 1 aliphatic heterocycles. The maximum atomic E-state index is 13.8. The summed E-state index contributed by atoms with van der Waals surface area (Å²) in [5, 5.41) is 7.57. The summed E-state index contributed by atoms with van der Waals surface area (Å²) in [6.07, 6.45) is 0. The van der Waals surface area contributed by atoms with Crippen molar-refractivity contribution in [3.63, 3.8) is 0 Å². The molecule has 1 heterocycles. The van der Waals surface area contributed by atoms with Crippen molar-refractivity contribution in [3.05, 3.63) is 41.3 Å². The van der Waals surface area contributed by atoms with E-state index in [2.05, 4.69) is 32.9 Å². The van der Waals surface area contributed by atoms with Crippen LogP contribution in [0.25, 0.3) is 0 Å². The molecule has 0 aromatic heterocycles. The van der Waals surface area contributed by atoms with Crippen molar-refractivity contribution >= 4 is 49.7 Å². The Labute approximate surface area is 166 Å². The third-order valence-corrected chi connectivity index (χ3v) is 4.98.